The van der Waals surface area contributed by atoms with Gasteiger partial charge in [0, 0.05) is 12.7 Å². The van der Waals surface area contributed by atoms with E-state index in [0.29, 0.717) is 28.2 Å². The van der Waals surface area contributed by atoms with E-state index in [-0.39, 0.29) is 0 Å². The molecule has 2 rings (SSSR count). The molecule has 5 nitrogen and oxygen atoms in total. The Bertz CT molecular complexity index is 720. The van der Waals surface area contributed by atoms with E-state index in [9.17, 15) is 10.1 Å². The number of nitrogen functional groups attached to an aromatic ring is 1. The number of ether oxygens (including phenoxy) is 1. The summed E-state index contributed by atoms with van der Waals surface area (Å²) in [4.78, 5) is 13.7. The number of carbonyl (C=O) groups excluding carboxylic acids is 1. The number of esters is 1. The molecule has 5 heteroatoms. The number of para-hydroxylation sites is 1. The van der Waals surface area contributed by atoms with Crippen LogP contribution in [0, 0.1) is 11.3 Å². The van der Waals surface area contributed by atoms with E-state index in [1.165, 1.54) is 7.11 Å². The first kappa shape index (κ1) is 14.4. The van der Waals surface area contributed by atoms with Crippen LogP contribution < -0.4 is 10.6 Å². The minimum Gasteiger partial charge on any atom is -0.465 e. The van der Waals surface area contributed by atoms with Gasteiger partial charge in [-0.05, 0) is 30.3 Å². The lowest BCUT2D eigenvalue weighted by atomic mass is 10.1. The van der Waals surface area contributed by atoms with Crippen molar-refractivity contribution in [2.24, 2.45) is 0 Å². The lowest BCUT2D eigenvalue weighted by Crippen LogP contribution is -2.16. The molecule has 0 spiro atoms. The smallest absolute Gasteiger partial charge is 0.340 e. The zero-order valence-electron chi connectivity index (χ0n) is 11.8. The molecule has 21 heavy (non-hydrogen) atoms. The summed E-state index contributed by atoms with van der Waals surface area (Å²) in [6, 6.07) is 14.3. The Morgan fingerprint density at radius 3 is 2.62 bits per heavy atom. The molecule has 0 unspecified atom stereocenters. The highest BCUT2D eigenvalue weighted by Crippen LogP contribution is 2.31. The molecule has 0 radical (unpaired) electrons. The number of methoxy groups -OCH3 is 1. The zero-order valence-corrected chi connectivity index (χ0v) is 11.8. The molecule has 106 valence electrons. The van der Waals surface area contributed by atoms with Crippen molar-refractivity contribution in [2.45, 2.75) is 0 Å². The second-order valence-electron chi connectivity index (χ2n) is 4.46. The summed E-state index contributed by atoms with van der Waals surface area (Å²) >= 11 is 0. The highest BCUT2D eigenvalue weighted by atomic mass is 16.5. The van der Waals surface area contributed by atoms with Gasteiger partial charge < -0.3 is 15.4 Å². The van der Waals surface area contributed by atoms with E-state index < -0.39 is 5.97 Å². The third-order valence-electron chi connectivity index (χ3n) is 3.17. The normalized spacial score (nSPS) is 9.76. The van der Waals surface area contributed by atoms with Gasteiger partial charge in [-0.15, -0.1) is 0 Å². The molecule has 0 amide bonds. The second kappa shape index (κ2) is 5.97. The number of hydrogen-bond acceptors (Lipinski definition) is 5. The standard InChI is InChI=1S/C16H15N3O2/c1-19(14-6-4-3-5-11(14)10-17)15-8-7-12(18)9-13(15)16(20)21-2/h3-9H,18H2,1-2H3. The third-order valence-corrected chi connectivity index (χ3v) is 3.17. The van der Waals surface area contributed by atoms with Crippen LogP contribution in [0.4, 0.5) is 17.1 Å². The quantitative estimate of drug-likeness (QED) is 0.691. The third kappa shape index (κ3) is 2.79. The number of carbonyl (C=O) groups is 1. The number of nitrogens with zero attached hydrogens (tertiary/aromatic N) is 2. The van der Waals surface area contributed by atoms with Crippen LogP contribution in [0.5, 0.6) is 0 Å². The van der Waals surface area contributed by atoms with Gasteiger partial charge in [-0.1, -0.05) is 12.1 Å². The molecule has 2 N–H and O–H groups in total. The van der Waals surface area contributed by atoms with Crippen LogP contribution in [0.2, 0.25) is 0 Å². The number of hydrogen-bond donors (Lipinski definition) is 1. The summed E-state index contributed by atoms with van der Waals surface area (Å²) in [5.74, 6) is -0.474. The molecular weight excluding hydrogens is 266 g/mol. The Morgan fingerprint density at radius 2 is 1.95 bits per heavy atom. The maximum absolute atomic E-state index is 11.9. The summed E-state index contributed by atoms with van der Waals surface area (Å²) < 4.78 is 4.79. The monoisotopic (exact) mass is 281 g/mol. The highest BCUT2D eigenvalue weighted by Gasteiger charge is 2.17. The van der Waals surface area contributed by atoms with Crippen molar-refractivity contribution < 1.29 is 9.53 Å². The Balaban J connectivity index is 2.56. The van der Waals surface area contributed by atoms with Crippen LogP contribution >= 0.6 is 0 Å². The molecule has 0 aromatic heterocycles. The average Bonchev–Trinajstić information content (AvgIpc) is 2.53. The lowest BCUT2D eigenvalue weighted by Gasteiger charge is -2.23. The van der Waals surface area contributed by atoms with Gasteiger partial charge in [-0.2, -0.15) is 5.26 Å². The van der Waals surface area contributed by atoms with E-state index in [1.807, 2.05) is 12.1 Å². The Hall–Kier alpha value is -3.00. The second-order valence-corrected chi connectivity index (χ2v) is 4.46. The first-order valence-corrected chi connectivity index (χ1v) is 6.29. The average molecular weight is 281 g/mol. The van der Waals surface area contributed by atoms with Crippen molar-refractivity contribution in [3.8, 4) is 6.07 Å². The van der Waals surface area contributed by atoms with Crippen molar-refractivity contribution in [1.29, 1.82) is 5.26 Å². The number of nitrogens with two attached hydrogens (primary N) is 1. The highest BCUT2D eigenvalue weighted by molar-refractivity contribution is 5.98. The predicted molar refractivity (Wildman–Crippen MR) is 81.4 cm³/mol. The Morgan fingerprint density at radius 1 is 1.24 bits per heavy atom. The lowest BCUT2D eigenvalue weighted by molar-refractivity contribution is 0.0601. The summed E-state index contributed by atoms with van der Waals surface area (Å²) in [5, 5.41) is 9.19. The van der Waals surface area contributed by atoms with E-state index in [0.717, 1.165) is 0 Å². The van der Waals surface area contributed by atoms with Gasteiger partial charge in [0.15, 0.2) is 0 Å². The zero-order chi connectivity index (χ0) is 15.4. The van der Waals surface area contributed by atoms with E-state index in [1.54, 1.807) is 42.3 Å². The molecule has 0 bridgehead atoms. The fourth-order valence-electron chi connectivity index (χ4n) is 2.11. The fourth-order valence-corrected chi connectivity index (χ4v) is 2.11. The van der Waals surface area contributed by atoms with E-state index in [2.05, 4.69) is 6.07 Å². The first-order valence-electron chi connectivity index (χ1n) is 6.29. The summed E-state index contributed by atoms with van der Waals surface area (Å²) in [5.41, 5.74) is 8.41. The molecule has 0 aliphatic rings. The van der Waals surface area contributed by atoms with Crippen molar-refractivity contribution >= 4 is 23.0 Å². The van der Waals surface area contributed by atoms with Crippen LogP contribution in [0.25, 0.3) is 0 Å². The van der Waals surface area contributed by atoms with Crippen LogP contribution in [-0.2, 0) is 4.74 Å². The largest absolute Gasteiger partial charge is 0.465 e. The molecule has 0 heterocycles. The summed E-state index contributed by atoms with van der Waals surface area (Å²) in [7, 11) is 3.10. The Kier molecular flexibility index (Phi) is 4.10. The molecule has 2 aromatic carbocycles. The summed E-state index contributed by atoms with van der Waals surface area (Å²) in [6.07, 6.45) is 0. The van der Waals surface area contributed by atoms with Gasteiger partial charge in [0.25, 0.3) is 0 Å². The number of rotatable bonds is 3. The molecule has 0 saturated heterocycles. The summed E-state index contributed by atoms with van der Waals surface area (Å²) in [6.45, 7) is 0. The SMILES string of the molecule is COC(=O)c1cc(N)ccc1N(C)c1ccccc1C#N. The predicted octanol–water partition coefficient (Wildman–Crippen LogP) is 2.69. The Labute approximate surface area is 123 Å². The maximum atomic E-state index is 11.9. The molecular formula is C16H15N3O2. The molecule has 0 aliphatic heterocycles. The van der Waals surface area contributed by atoms with Gasteiger partial charge in [-0.25, -0.2) is 4.79 Å². The maximum Gasteiger partial charge on any atom is 0.340 e. The fraction of sp³-hybridized carbons (Fsp3) is 0.125. The molecule has 0 saturated carbocycles. The van der Waals surface area contributed by atoms with Crippen molar-refractivity contribution in [3.63, 3.8) is 0 Å². The van der Waals surface area contributed by atoms with Crippen LogP contribution in [0.1, 0.15) is 15.9 Å². The minimum atomic E-state index is -0.474. The number of anilines is 3. The van der Waals surface area contributed by atoms with Gasteiger partial charge in [0.1, 0.15) is 6.07 Å². The van der Waals surface area contributed by atoms with Crippen LogP contribution in [0.3, 0.4) is 0 Å². The van der Waals surface area contributed by atoms with Gasteiger partial charge in [0.05, 0.1) is 29.6 Å². The minimum absolute atomic E-state index is 0.354. The molecule has 2 aromatic rings. The van der Waals surface area contributed by atoms with Crippen molar-refractivity contribution in [1.82, 2.24) is 0 Å². The van der Waals surface area contributed by atoms with Gasteiger partial charge in [-0.3, -0.25) is 0 Å². The molecule has 0 aliphatic carbocycles. The molecule has 0 atom stereocenters. The van der Waals surface area contributed by atoms with Gasteiger partial charge in [0.2, 0.25) is 0 Å². The van der Waals surface area contributed by atoms with Crippen molar-refractivity contribution in [3.05, 3.63) is 53.6 Å². The number of benzene rings is 2. The van der Waals surface area contributed by atoms with Gasteiger partial charge >= 0.3 is 5.97 Å². The van der Waals surface area contributed by atoms with Crippen molar-refractivity contribution in [2.75, 3.05) is 24.8 Å². The van der Waals surface area contributed by atoms with E-state index >= 15 is 0 Å². The molecule has 0 fully saturated rings. The van der Waals surface area contributed by atoms with Crippen LogP contribution in [0.15, 0.2) is 42.5 Å². The van der Waals surface area contributed by atoms with E-state index in [4.69, 9.17) is 10.5 Å². The van der Waals surface area contributed by atoms with Crippen LogP contribution in [-0.4, -0.2) is 20.1 Å². The number of nitriles is 1. The topological polar surface area (TPSA) is 79.3 Å². The first-order chi connectivity index (χ1) is 10.1.